The molecule has 2 aliphatic heterocycles. The third-order valence-electron chi connectivity index (χ3n) is 9.74. The average Bonchev–Trinajstić information content (AvgIpc) is 3.88. The van der Waals surface area contributed by atoms with Gasteiger partial charge in [0, 0.05) is 24.5 Å². The molecule has 0 bridgehead atoms. The molecule has 4 amide bonds. The van der Waals surface area contributed by atoms with E-state index in [0.717, 1.165) is 23.6 Å². The number of rotatable bonds is 13. The Kier molecular flexibility index (Phi) is 12.3. The first-order chi connectivity index (χ1) is 26.7. The number of carbonyl (C=O) groups excluding carboxylic acids is 4. The molecular formula is C40H44N6O8S2. The third kappa shape index (κ3) is 10.1. The van der Waals surface area contributed by atoms with E-state index in [2.05, 4.69) is 20.1 Å². The van der Waals surface area contributed by atoms with Gasteiger partial charge in [-0.2, -0.15) is 9.44 Å². The number of amides is 4. The van der Waals surface area contributed by atoms with Gasteiger partial charge < -0.3 is 20.4 Å². The highest BCUT2D eigenvalue weighted by atomic mass is 32.2. The van der Waals surface area contributed by atoms with Gasteiger partial charge in [0.1, 0.15) is 24.2 Å². The van der Waals surface area contributed by atoms with E-state index in [1.807, 2.05) is 24.3 Å². The summed E-state index contributed by atoms with van der Waals surface area (Å²) in [5.74, 6) is -1.75. The molecular weight excluding hydrogens is 757 g/mol. The van der Waals surface area contributed by atoms with Crippen molar-refractivity contribution in [2.75, 3.05) is 36.2 Å². The van der Waals surface area contributed by atoms with Crippen LogP contribution in [0.2, 0.25) is 0 Å². The van der Waals surface area contributed by atoms with Crippen molar-refractivity contribution >= 4 is 55.1 Å². The molecule has 2 saturated heterocycles. The Morgan fingerprint density at radius 1 is 0.536 bits per heavy atom. The summed E-state index contributed by atoms with van der Waals surface area (Å²) in [5, 5.41) is 5.78. The third-order valence-corrected chi connectivity index (χ3v) is 11.1. The Hall–Kier alpha value is -5.42. The molecule has 0 radical (unpaired) electrons. The number of hydrogen-bond donors (Lipinski definition) is 4. The highest BCUT2D eigenvalue weighted by Gasteiger charge is 2.40. The Labute approximate surface area is 326 Å². The molecule has 6 rings (SSSR count). The molecule has 0 saturated carbocycles. The van der Waals surface area contributed by atoms with Crippen LogP contribution in [0.5, 0.6) is 0 Å². The van der Waals surface area contributed by atoms with Crippen molar-refractivity contribution in [3.63, 3.8) is 0 Å². The van der Waals surface area contributed by atoms with Crippen LogP contribution in [-0.2, 0) is 39.2 Å². The van der Waals surface area contributed by atoms with Gasteiger partial charge in [-0.25, -0.2) is 16.8 Å². The molecule has 0 unspecified atom stereocenters. The Balaban J connectivity index is 1.07. The zero-order valence-corrected chi connectivity index (χ0v) is 32.6. The van der Waals surface area contributed by atoms with Crippen LogP contribution in [-0.4, -0.2) is 87.9 Å². The van der Waals surface area contributed by atoms with Gasteiger partial charge in [-0.1, -0.05) is 84.9 Å². The minimum atomic E-state index is -3.74. The van der Waals surface area contributed by atoms with E-state index in [4.69, 9.17) is 0 Å². The number of benzene rings is 4. The fourth-order valence-corrected chi connectivity index (χ4v) is 8.45. The molecule has 2 fully saturated rings. The lowest BCUT2D eigenvalue weighted by molar-refractivity contribution is -0.138. The first-order valence-corrected chi connectivity index (χ1v) is 21.9. The minimum absolute atomic E-state index is 0.315. The summed E-state index contributed by atoms with van der Waals surface area (Å²) in [6.07, 6.45) is 4.03. The van der Waals surface area contributed by atoms with Crippen LogP contribution < -0.4 is 20.1 Å². The summed E-state index contributed by atoms with van der Waals surface area (Å²) in [6, 6.07) is 27.5. The second-order valence-corrected chi connectivity index (χ2v) is 17.5. The maximum Gasteiger partial charge on any atom is 0.247 e. The lowest BCUT2D eigenvalue weighted by Gasteiger charge is -2.28. The number of sulfonamides is 2. The maximum atomic E-state index is 13.7. The van der Waals surface area contributed by atoms with Crippen LogP contribution in [0, 0.1) is 0 Å². The van der Waals surface area contributed by atoms with Gasteiger partial charge in [-0.3, -0.25) is 19.2 Å². The monoisotopic (exact) mass is 800 g/mol. The van der Waals surface area contributed by atoms with Crippen molar-refractivity contribution in [3.05, 3.63) is 120 Å². The summed E-state index contributed by atoms with van der Waals surface area (Å²) in [6.45, 7) is 0.630. The van der Waals surface area contributed by atoms with Crippen LogP contribution in [0.1, 0.15) is 48.9 Å². The van der Waals surface area contributed by atoms with Crippen molar-refractivity contribution in [3.8, 4) is 11.1 Å². The quantitative estimate of drug-likeness (QED) is 0.157. The van der Waals surface area contributed by atoms with E-state index in [1.165, 1.54) is 9.80 Å². The van der Waals surface area contributed by atoms with Crippen molar-refractivity contribution in [1.82, 2.24) is 19.2 Å². The van der Waals surface area contributed by atoms with Gasteiger partial charge in [0.05, 0.1) is 12.5 Å². The molecule has 4 atom stereocenters. The van der Waals surface area contributed by atoms with Crippen molar-refractivity contribution in [2.45, 2.75) is 49.9 Å². The van der Waals surface area contributed by atoms with E-state index in [9.17, 15) is 36.0 Å². The van der Waals surface area contributed by atoms with Gasteiger partial charge in [-0.05, 0) is 72.2 Å². The summed E-state index contributed by atoms with van der Waals surface area (Å²) in [4.78, 5) is 57.0. The number of nitrogens with one attached hydrogen (secondary N) is 4. The Bertz CT molecular complexity index is 2110. The molecule has 14 nitrogen and oxygen atoms in total. The highest BCUT2D eigenvalue weighted by Crippen LogP contribution is 2.29. The van der Waals surface area contributed by atoms with E-state index in [-0.39, 0.29) is 11.8 Å². The first kappa shape index (κ1) is 40.2. The minimum Gasteiger partial charge on any atom is -0.329 e. The molecule has 16 heteroatoms. The average molecular weight is 801 g/mol. The van der Waals surface area contributed by atoms with Crippen LogP contribution >= 0.6 is 0 Å². The molecule has 0 spiro atoms. The van der Waals surface area contributed by atoms with Crippen molar-refractivity contribution in [2.24, 2.45) is 0 Å². The van der Waals surface area contributed by atoms with E-state index < -0.39 is 56.0 Å². The summed E-state index contributed by atoms with van der Waals surface area (Å²) in [7, 11) is -7.48. The zero-order chi connectivity index (χ0) is 40.0. The molecule has 4 N–H and O–H groups in total. The van der Waals surface area contributed by atoms with E-state index in [1.54, 1.807) is 84.9 Å². The Morgan fingerprint density at radius 2 is 0.875 bits per heavy atom. The molecule has 56 heavy (non-hydrogen) atoms. The fraction of sp³-hybridized carbons (Fsp3) is 0.300. The first-order valence-electron chi connectivity index (χ1n) is 18.1. The topological polar surface area (TPSA) is 191 Å². The number of likely N-dealkylation sites (tertiary alicyclic amines) is 2. The SMILES string of the molecule is CS(=O)(=O)N[C@@H](C(=O)N1CCC[C@H]1C(=O)Nc1ccc(-c2ccc(NC(=O)[C@@H]3CCCN3C(=O)[C@H](NS(C)(=O)=O)c3ccccc3)cc2)cc1)c1ccccc1. The number of anilines is 2. The predicted octanol–water partition coefficient (Wildman–Crippen LogP) is 3.79. The molecule has 4 aromatic rings. The standard InChI is InChI=1S/C40H44N6O8S2/c1-55(51,52)43-35(29-11-5-3-6-12-29)39(49)45-25-9-15-33(45)37(47)41-31-21-17-27(18-22-31)28-19-23-32(24-20-28)42-38(48)34-16-10-26-46(34)40(50)36(44-56(2,53)54)30-13-7-4-8-14-30/h3-8,11-14,17-24,33-36,43-44H,9-10,15-16,25-26H2,1-2H3,(H,41,47)(H,42,48)/t33-,34-,35+,36+/m0/s1. The smallest absolute Gasteiger partial charge is 0.247 e. The van der Waals surface area contributed by atoms with E-state index in [0.29, 0.717) is 61.3 Å². The molecule has 294 valence electrons. The number of hydrogen-bond acceptors (Lipinski definition) is 8. The second kappa shape index (κ2) is 17.2. The van der Waals surface area contributed by atoms with Gasteiger partial charge in [0.25, 0.3) is 0 Å². The molecule has 0 aliphatic carbocycles. The lowest BCUT2D eigenvalue weighted by Crippen LogP contribution is -2.48. The van der Waals surface area contributed by atoms with Gasteiger partial charge in [0.2, 0.25) is 43.7 Å². The Morgan fingerprint density at radius 3 is 1.20 bits per heavy atom. The van der Waals surface area contributed by atoms with Crippen LogP contribution in [0.4, 0.5) is 11.4 Å². The molecule has 4 aromatic carbocycles. The largest absolute Gasteiger partial charge is 0.329 e. The van der Waals surface area contributed by atoms with Crippen LogP contribution in [0.25, 0.3) is 11.1 Å². The zero-order valence-electron chi connectivity index (χ0n) is 30.9. The van der Waals surface area contributed by atoms with Crippen LogP contribution in [0.3, 0.4) is 0 Å². The fourth-order valence-electron chi connectivity index (χ4n) is 7.12. The van der Waals surface area contributed by atoms with Crippen molar-refractivity contribution in [1.29, 1.82) is 0 Å². The van der Waals surface area contributed by atoms with E-state index >= 15 is 0 Å². The normalized spacial score (nSPS) is 18.2. The molecule has 2 heterocycles. The highest BCUT2D eigenvalue weighted by molar-refractivity contribution is 7.89. The van der Waals surface area contributed by atoms with Gasteiger partial charge in [0.15, 0.2) is 0 Å². The lowest BCUT2D eigenvalue weighted by atomic mass is 10.0. The molecule has 2 aliphatic rings. The summed E-state index contributed by atoms with van der Waals surface area (Å²) >= 11 is 0. The summed E-state index contributed by atoms with van der Waals surface area (Å²) in [5.41, 5.74) is 3.68. The van der Waals surface area contributed by atoms with Crippen molar-refractivity contribution < 1.29 is 36.0 Å². The van der Waals surface area contributed by atoms with Gasteiger partial charge >= 0.3 is 0 Å². The molecule has 0 aromatic heterocycles. The summed E-state index contributed by atoms with van der Waals surface area (Å²) < 4.78 is 53.4. The number of nitrogens with zero attached hydrogens (tertiary/aromatic N) is 2. The van der Waals surface area contributed by atoms with Crippen LogP contribution in [0.15, 0.2) is 109 Å². The maximum absolute atomic E-state index is 13.7. The number of carbonyl (C=O) groups is 4. The second-order valence-electron chi connectivity index (χ2n) is 14.0. The van der Waals surface area contributed by atoms with Gasteiger partial charge in [-0.15, -0.1) is 0 Å². The predicted molar refractivity (Wildman–Crippen MR) is 213 cm³/mol.